The summed E-state index contributed by atoms with van der Waals surface area (Å²) in [5.41, 5.74) is 7.73. The van der Waals surface area contributed by atoms with Crippen LogP contribution >= 0.6 is 0 Å². The van der Waals surface area contributed by atoms with Gasteiger partial charge in [0.05, 0.1) is 22.5 Å². The van der Waals surface area contributed by atoms with Crippen molar-refractivity contribution >= 4 is 28.4 Å². The van der Waals surface area contributed by atoms with E-state index in [1.165, 1.54) is 5.56 Å². The van der Waals surface area contributed by atoms with Crippen molar-refractivity contribution < 1.29 is 4.79 Å². The molecule has 1 unspecified atom stereocenters. The van der Waals surface area contributed by atoms with Gasteiger partial charge in [0.25, 0.3) is 5.91 Å². The molecule has 182 valence electrons. The van der Waals surface area contributed by atoms with Crippen LogP contribution in [0.3, 0.4) is 0 Å². The number of nitrogens with zero attached hydrogens (tertiary/aromatic N) is 4. The standard InChI is InChI=1S/C30H26N6O/c1-18-13-15-20(16-14-18)26-22-17-31-30(23-11-7-8-12-24(23)35(3)29(30)37)33-27(22)32-28-25(26)19(2)34-36(28)21-9-5-4-6-10-21/h4-16,31H,17H2,1-3H3,(H,32,33). The number of carbonyl (C=O) groups excluding carboxylic acids is 1. The van der Waals surface area contributed by atoms with Crippen LogP contribution in [0, 0.1) is 13.8 Å². The fraction of sp³-hybridized carbons (Fsp3) is 0.167. The van der Waals surface area contributed by atoms with Gasteiger partial charge < -0.3 is 10.2 Å². The van der Waals surface area contributed by atoms with Gasteiger partial charge in [-0.3, -0.25) is 10.1 Å². The molecule has 1 spiro atoms. The van der Waals surface area contributed by atoms with Crippen molar-refractivity contribution in [2.45, 2.75) is 26.1 Å². The van der Waals surface area contributed by atoms with Gasteiger partial charge in [-0.15, -0.1) is 0 Å². The lowest BCUT2D eigenvalue weighted by molar-refractivity contribution is -0.123. The first-order valence-electron chi connectivity index (χ1n) is 12.4. The number of aryl methyl sites for hydroxylation is 2. The molecule has 5 aromatic rings. The van der Waals surface area contributed by atoms with E-state index in [9.17, 15) is 4.79 Å². The maximum Gasteiger partial charge on any atom is 0.272 e. The predicted molar refractivity (Wildman–Crippen MR) is 146 cm³/mol. The van der Waals surface area contributed by atoms with Crippen LogP contribution in [0.5, 0.6) is 0 Å². The molecule has 2 aromatic heterocycles. The van der Waals surface area contributed by atoms with Crippen LogP contribution in [0.25, 0.3) is 27.8 Å². The van der Waals surface area contributed by atoms with Gasteiger partial charge in [-0.05, 0) is 37.6 Å². The Labute approximate surface area is 214 Å². The van der Waals surface area contributed by atoms with Crippen LogP contribution in [-0.2, 0) is 17.0 Å². The van der Waals surface area contributed by atoms with E-state index in [2.05, 4.69) is 41.8 Å². The number of para-hydroxylation sites is 2. The third kappa shape index (κ3) is 3.01. The molecule has 0 saturated carbocycles. The van der Waals surface area contributed by atoms with E-state index in [4.69, 9.17) is 10.1 Å². The van der Waals surface area contributed by atoms with Crippen molar-refractivity contribution in [1.29, 1.82) is 0 Å². The Morgan fingerprint density at radius 2 is 1.65 bits per heavy atom. The zero-order valence-corrected chi connectivity index (χ0v) is 20.9. The molecule has 0 bridgehead atoms. The lowest BCUT2D eigenvalue weighted by Gasteiger charge is -2.37. The maximum atomic E-state index is 13.7. The minimum Gasteiger partial charge on any atom is -0.340 e. The molecule has 7 nitrogen and oxygen atoms in total. The van der Waals surface area contributed by atoms with E-state index in [1.807, 2.05) is 73.3 Å². The summed E-state index contributed by atoms with van der Waals surface area (Å²) in [6, 6.07) is 26.5. The number of nitrogens with one attached hydrogen (secondary N) is 2. The largest absolute Gasteiger partial charge is 0.340 e. The SMILES string of the molecule is Cc1ccc(-c2c3c(nc4c2c(C)nn4-c2ccccc2)NC2(NC3)C(=O)N(C)c3ccccc32)cc1. The predicted octanol–water partition coefficient (Wildman–Crippen LogP) is 5.05. The van der Waals surface area contributed by atoms with Gasteiger partial charge in [0.1, 0.15) is 5.82 Å². The molecule has 3 aromatic carbocycles. The average Bonchev–Trinajstić information content (AvgIpc) is 3.36. The molecule has 0 fully saturated rings. The Bertz CT molecular complexity index is 1710. The number of benzene rings is 3. The molecule has 2 aliphatic rings. The first-order valence-corrected chi connectivity index (χ1v) is 12.4. The van der Waals surface area contributed by atoms with Crippen LogP contribution < -0.4 is 15.5 Å². The Morgan fingerprint density at radius 3 is 2.43 bits per heavy atom. The summed E-state index contributed by atoms with van der Waals surface area (Å²) in [7, 11) is 1.82. The highest BCUT2D eigenvalue weighted by atomic mass is 16.2. The van der Waals surface area contributed by atoms with Crippen LogP contribution in [0.15, 0.2) is 78.9 Å². The van der Waals surface area contributed by atoms with Crippen LogP contribution in [0.1, 0.15) is 22.4 Å². The van der Waals surface area contributed by atoms with Crippen LogP contribution in [0.4, 0.5) is 11.5 Å². The smallest absolute Gasteiger partial charge is 0.272 e. The summed E-state index contributed by atoms with van der Waals surface area (Å²) in [4.78, 5) is 20.5. The zero-order chi connectivity index (χ0) is 25.3. The van der Waals surface area contributed by atoms with Crippen LogP contribution in [-0.4, -0.2) is 27.7 Å². The number of fused-ring (bicyclic) bond motifs is 4. The molecular weight excluding hydrogens is 460 g/mol. The second kappa shape index (κ2) is 7.75. The number of hydrogen-bond acceptors (Lipinski definition) is 5. The molecule has 0 aliphatic carbocycles. The summed E-state index contributed by atoms with van der Waals surface area (Å²) >= 11 is 0. The second-order valence-electron chi connectivity index (χ2n) is 9.82. The molecule has 1 amide bonds. The molecule has 1 atom stereocenters. The van der Waals surface area contributed by atoms with Gasteiger partial charge in [-0.2, -0.15) is 5.10 Å². The van der Waals surface area contributed by atoms with Crippen molar-refractivity contribution in [2.24, 2.45) is 0 Å². The number of carbonyl (C=O) groups is 1. The van der Waals surface area contributed by atoms with Crippen molar-refractivity contribution in [3.05, 3.63) is 101 Å². The molecule has 37 heavy (non-hydrogen) atoms. The summed E-state index contributed by atoms with van der Waals surface area (Å²) in [6.07, 6.45) is 0. The molecule has 7 rings (SSSR count). The van der Waals surface area contributed by atoms with E-state index in [0.717, 1.165) is 50.4 Å². The van der Waals surface area contributed by atoms with Gasteiger partial charge in [-0.25, -0.2) is 9.67 Å². The van der Waals surface area contributed by atoms with Crippen molar-refractivity contribution in [2.75, 3.05) is 17.3 Å². The molecule has 4 heterocycles. The lowest BCUT2D eigenvalue weighted by Crippen LogP contribution is -2.57. The third-order valence-corrected chi connectivity index (χ3v) is 7.56. The van der Waals surface area contributed by atoms with E-state index in [-0.39, 0.29) is 5.91 Å². The Kier molecular flexibility index (Phi) is 4.56. The number of rotatable bonds is 2. The third-order valence-electron chi connectivity index (χ3n) is 7.56. The number of anilines is 2. The normalized spacial score (nSPS) is 18.2. The molecule has 2 N–H and O–H groups in total. The fourth-order valence-corrected chi connectivity index (χ4v) is 5.71. The average molecular weight is 487 g/mol. The van der Waals surface area contributed by atoms with Gasteiger partial charge >= 0.3 is 0 Å². The number of amides is 1. The summed E-state index contributed by atoms with van der Waals surface area (Å²) in [5.74, 6) is 0.642. The Balaban J connectivity index is 1.51. The second-order valence-corrected chi connectivity index (χ2v) is 9.82. The molecular formula is C30H26N6O. The number of hydrogen-bond donors (Lipinski definition) is 2. The summed E-state index contributed by atoms with van der Waals surface area (Å²) in [5, 5.41) is 13.1. The minimum absolute atomic E-state index is 0.0501. The molecule has 0 saturated heterocycles. The molecule has 0 radical (unpaired) electrons. The van der Waals surface area contributed by atoms with Gasteiger partial charge in [-0.1, -0.05) is 66.2 Å². The number of pyridine rings is 1. The number of aromatic nitrogens is 3. The first-order chi connectivity index (χ1) is 18.0. The maximum absolute atomic E-state index is 13.7. The van der Waals surface area contributed by atoms with E-state index < -0.39 is 5.66 Å². The molecule has 7 heteroatoms. The van der Waals surface area contributed by atoms with Crippen molar-refractivity contribution in [3.8, 4) is 16.8 Å². The quantitative estimate of drug-likeness (QED) is 0.365. The van der Waals surface area contributed by atoms with Gasteiger partial charge in [0.15, 0.2) is 11.3 Å². The Morgan fingerprint density at radius 1 is 0.919 bits per heavy atom. The summed E-state index contributed by atoms with van der Waals surface area (Å²) in [6.45, 7) is 4.61. The van der Waals surface area contributed by atoms with E-state index in [0.29, 0.717) is 12.4 Å². The monoisotopic (exact) mass is 486 g/mol. The topological polar surface area (TPSA) is 75.1 Å². The van der Waals surface area contributed by atoms with Crippen LogP contribution in [0.2, 0.25) is 0 Å². The highest BCUT2D eigenvalue weighted by molar-refractivity contribution is 6.10. The fourth-order valence-electron chi connectivity index (χ4n) is 5.71. The summed E-state index contributed by atoms with van der Waals surface area (Å²) < 4.78 is 1.90. The highest BCUT2D eigenvalue weighted by Crippen LogP contribution is 2.46. The Hall–Kier alpha value is -4.49. The van der Waals surface area contributed by atoms with Crippen molar-refractivity contribution in [1.82, 2.24) is 20.1 Å². The zero-order valence-electron chi connectivity index (χ0n) is 20.9. The number of likely N-dealkylation sites (N-methyl/N-ethyl adjacent to an activating group) is 1. The highest BCUT2D eigenvalue weighted by Gasteiger charge is 2.52. The van der Waals surface area contributed by atoms with Gasteiger partial charge in [0.2, 0.25) is 0 Å². The van der Waals surface area contributed by atoms with Gasteiger partial charge in [0, 0.05) is 30.3 Å². The lowest BCUT2D eigenvalue weighted by atomic mass is 9.91. The van der Waals surface area contributed by atoms with E-state index in [1.54, 1.807) is 4.90 Å². The minimum atomic E-state index is -1.07. The molecule has 2 aliphatic heterocycles. The first kappa shape index (κ1) is 21.8. The van der Waals surface area contributed by atoms with Crippen molar-refractivity contribution in [3.63, 3.8) is 0 Å². The van der Waals surface area contributed by atoms with E-state index >= 15 is 0 Å².